The summed E-state index contributed by atoms with van der Waals surface area (Å²) >= 11 is 2.98. The lowest BCUT2D eigenvalue weighted by Gasteiger charge is -2.26. The SMILES string of the molecule is CCn1c(=O)c2c3c(sc2n2c(SCC(=O)Nc4ccc(C)cc4)nnc12)CN(Cc1ccccc1)CC3. The monoisotopic (exact) mass is 544 g/mol. The molecule has 0 saturated carbocycles. The number of aryl methyl sites for hydroxylation is 2. The maximum Gasteiger partial charge on any atom is 0.263 e. The van der Waals surface area contributed by atoms with Gasteiger partial charge in [0.05, 0.1) is 11.1 Å². The van der Waals surface area contributed by atoms with Gasteiger partial charge in [-0.2, -0.15) is 0 Å². The average molecular weight is 545 g/mol. The number of hydrogen-bond donors (Lipinski definition) is 1. The van der Waals surface area contributed by atoms with Gasteiger partial charge in [-0.3, -0.25) is 19.1 Å². The highest BCUT2D eigenvalue weighted by molar-refractivity contribution is 7.99. The van der Waals surface area contributed by atoms with E-state index in [-0.39, 0.29) is 17.2 Å². The van der Waals surface area contributed by atoms with Crippen LogP contribution >= 0.6 is 23.1 Å². The first-order valence-corrected chi connectivity index (χ1v) is 14.5. The molecule has 0 radical (unpaired) electrons. The highest BCUT2D eigenvalue weighted by Gasteiger charge is 2.27. The molecule has 0 unspecified atom stereocenters. The largest absolute Gasteiger partial charge is 0.325 e. The molecular weight excluding hydrogens is 516 g/mol. The number of fused-ring (bicyclic) bond motifs is 5. The first kappa shape index (κ1) is 24.8. The van der Waals surface area contributed by atoms with Crippen LogP contribution in [0, 0.1) is 6.92 Å². The predicted octanol–water partition coefficient (Wildman–Crippen LogP) is 4.72. The van der Waals surface area contributed by atoms with E-state index in [1.165, 1.54) is 22.2 Å². The van der Waals surface area contributed by atoms with Crippen molar-refractivity contribution in [2.45, 2.75) is 45.1 Å². The van der Waals surface area contributed by atoms with Crippen molar-refractivity contribution in [2.24, 2.45) is 0 Å². The third-order valence-corrected chi connectivity index (χ3v) is 9.00. The van der Waals surface area contributed by atoms with Crippen LogP contribution in [0.3, 0.4) is 0 Å². The number of hydrogen-bond acceptors (Lipinski definition) is 7. The minimum Gasteiger partial charge on any atom is -0.325 e. The highest BCUT2D eigenvalue weighted by Crippen LogP contribution is 2.35. The first-order chi connectivity index (χ1) is 18.5. The highest BCUT2D eigenvalue weighted by atomic mass is 32.2. The molecule has 2 aromatic carbocycles. The van der Waals surface area contributed by atoms with Crippen LogP contribution in [0.5, 0.6) is 0 Å². The van der Waals surface area contributed by atoms with E-state index >= 15 is 0 Å². The van der Waals surface area contributed by atoms with E-state index in [0.717, 1.165) is 53.1 Å². The molecule has 3 aromatic heterocycles. The summed E-state index contributed by atoms with van der Waals surface area (Å²) in [6.07, 6.45) is 0.830. The molecule has 4 heterocycles. The maximum atomic E-state index is 13.6. The van der Waals surface area contributed by atoms with Crippen LogP contribution in [0.1, 0.15) is 28.5 Å². The average Bonchev–Trinajstić information content (AvgIpc) is 3.51. The third-order valence-electron chi connectivity index (χ3n) is 6.87. The Labute approximate surface area is 228 Å². The lowest BCUT2D eigenvalue weighted by atomic mass is 10.0. The van der Waals surface area contributed by atoms with Gasteiger partial charge in [0.15, 0.2) is 5.16 Å². The first-order valence-electron chi connectivity index (χ1n) is 12.7. The van der Waals surface area contributed by atoms with Gasteiger partial charge in [-0.1, -0.05) is 59.8 Å². The van der Waals surface area contributed by atoms with Crippen molar-refractivity contribution in [3.8, 4) is 0 Å². The lowest BCUT2D eigenvalue weighted by molar-refractivity contribution is -0.113. The van der Waals surface area contributed by atoms with Gasteiger partial charge in [0, 0.05) is 36.7 Å². The van der Waals surface area contributed by atoms with Crippen molar-refractivity contribution in [3.63, 3.8) is 0 Å². The van der Waals surface area contributed by atoms with Gasteiger partial charge in [-0.15, -0.1) is 21.5 Å². The number of aromatic nitrogens is 4. The van der Waals surface area contributed by atoms with Crippen LogP contribution in [0.2, 0.25) is 0 Å². The number of amides is 1. The standard InChI is InChI=1S/C28H28N6O2S2/c1-3-33-25(36)24-21-13-14-32(15-19-7-5-4-6-8-19)16-22(21)38-26(24)34-27(33)30-31-28(34)37-17-23(35)29-20-11-9-18(2)10-12-20/h4-12H,3,13-17H2,1-2H3,(H,29,35). The number of nitrogens with one attached hydrogen (secondary N) is 1. The fourth-order valence-corrected chi connectivity index (χ4v) is 7.15. The Kier molecular flexibility index (Phi) is 6.77. The number of thiophene rings is 1. The van der Waals surface area contributed by atoms with Gasteiger partial charge < -0.3 is 5.32 Å². The number of carbonyl (C=O) groups excluding carboxylic acids is 1. The fourth-order valence-electron chi connectivity index (χ4n) is 4.98. The van der Waals surface area contributed by atoms with Gasteiger partial charge in [-0.05, 0) is 43.5 Å². The summed E-state index contributed by atoms with van der Waals surface area (Å²) in [6.45, 7) is 7.05. The maximum absolute atomic E-state index is 13.6. The molecule has 5 aromatic rings. The summed E-state index contributed by atoms with van der Waals surface area (Å²) in [5.41, 5.74) is 4.32. The number of thioether (sulfide) groups is 1. The van der Waals surface area contributed by atoms with E-state index in [1.807, 2.05) is 48.6 Å². The van der Waals surface area contributed by atoms with Crippen molar-refractivity contribution < 1.29 is 4.79 Å². The number of rotatable bonds is 7. The van der Waals surface area contributed by atoms with E-state index in [9.17, 15) is 9.59 Å². The zero-order valence-electron chi connectivity index (χ0n) is 21.3. The summed E-state index contributed by atoms with van der Waals surface area (Å²) in [5.74, 6) is 0.598. The molecule has 0 fully saturated rings. The molecule has 8 nitrogen and oxygen atoms in total. The van der Waals surface area contributed by atoms with E-state index in [1.54, 1.807) is 15.9 Å². The number of benzene rings is 2. The fraction of sp³-hybridized carbons (Fsp3) is 0.286. The van der Waals surface area contributed by atoms with Gasteiger partial charge in [-0.25, -0.2) is 4.40 Å². The molecule has 10 heteroatoms. The molecule has 1 aliphatic rings. The van der Waals surface area contributed by atoms with Gasteiger partial charge >= 0.3 is 0 Å². The van der Waals surface area contributed by atoms with Crippen LogP contribution in [-0.4, -0.2) is 42.3 Å². The van der Waals surface area contributed by atoms with E-state index < -0.39 is 0 Å². The molecule has 0 bridgehead atoms. The van der Waals surface area contributed by atoms with Crippen molar-refractivity contribution in [1.82, 2.24) is 24.1 Å². The minimum atomic E-state index is -0.113. The van der Waals surface area contributed by atoms with Crippen molar-refractivity contribution in [2.75, 3.05) is 17.6 Å². The zero-order valence-corrected chi connectivity index (χ0v) is 22.9. The normalized spacial score (nSPS) is 13.7. The summed E-state index contributed by atoms with van der Waals surface area (Å²) < 4.78 is 3.66. The Balaban J connectivity index is 1.32. The molecular formula is C28H28N6O2S2. The van der Waals surface area contributed by atoms with Crippen molar-refractivity contribution in [3.05, 3.63) is 86.5 Å². The molecule has 0 saturated heterocycles. The Morgan fingerprint density at radius 1 is 1.11 bits per heavy atom. The summed E-state index contributed by atoms with van der Waals surface area (Å²) in [6, 6.07) is 18.2. The minimum absolute atomic E-state index is 0.00919. The van der Waals surface area contributed by atoms with Crippen LogP contribution in [0.15, 0.2) is 64.5 Å². The van der Waals surface area contributed by atoms with Crippen LogP contribution in [-0.2, 0) is 30.8 Å². The van der Waals surface area contributed by atoms with Crippen LogP contribution in [0.4, 0.5) is 5.69 Å². The van der Waals surface area contributed by atoms with E-state index in [2.05, 4.69) is 44.7 Å². The second kappa shape index (κ2) is 10.4. The van der Waals surface area contributed by atoms with E-state index in [4.69, 9.17) is 0 Å². The Hall–Kier alpha value is -3.47. The van der Waals surface area contributed by atoms with Gasteiger partial charge in [0.1, 0.15) is 4.83 Å². The summed E-state index contributed by atoms with van der Waals surface area (Å²) in [7, 11) is 0. The second-order valence-electron chi connectivity index (χ2n) is 9.50. The molecule has 6 rings (SSSR count). The lowest BCUT2D eigenvalue weighted by Crippen LogP contribution is -2.30. The molecule has 38 heavy (non-hydrogen) atoms. The number of anilines is 1. The summed E-state index contributed by atoms with van der Waals surface area (Å²) in [5, 5.41) is 13.1. The molecule has 0 spiro atoms. The number of carbonyl (C=O) groups is 1. The Bertz CT molecular complexity index is 1690. The zero-order chi connectivity index (χ0) is 26.2. The third kappa shape index (κ3) is 4.63. The molecule has 1 amide bonds. The second-order valence-corrected chi connectivity index (χ2v) is 11.5. The summed E-state index contributed by atoms with van der Waals surface area (Å²) in [4.78, 5) is 30.8. The Morgan fingerprint density at radius 3 is 2.66 bits per heavy atom. The van der Waals surface area contributed by atoms with E-state index in [0.29, 0.717) is 17.5 Å². The smallest absolute Gasteiger partial charge is 0.263 e. The predicted molar refractivity (Wildman–Crippen MR) is 153 cm³/mol. The molecule has 1 N–H and O–H groups in total. The molecule has 194 valence electrons. The quantitative estimate of drug-likeness (QED) is 0.299. The van der Waals surface area contributed by atoms with Crippen LogP contribution in [0.25, 0.3) is 16.0 Å². The van der Waals surface area contributed by atoms with Crippen molar-refractivity contribution >= 4 is 50.7 Å². The van der Waals surface area contributed by atoms with Crippen LogP contribution < -0.4 is 10.9 Å². The molecule has 0 aliphatic carbocycles. The topological polar surface area (TPSA) is 84.5 Å². The van der Waals surface area contributed by atoms with Crippen molar-refractivity contribution in [1.29, 1.82) is 0 Å². The molecule has 1 aliphatic heterocycles. The molecule has 0 atom stereocenters. The van der Waals surface area contributed by atoms with Gasteiger partial charge in [0.25, 0.3) is 5.56 Å². The number of nitrogens with zero attached hydrogens (tertiary/aromatic N) is 5. The Morgan fingerprint density at radius 2 is 1.89 bits per heavy atom. The van der Waals surface area contributed by atoms with Gasteiger partial charge in [0.2, 0.25) is 11.7 Å².